The maximum Gasteiger partial charge on any atom is 0.318 e. The molecular formula is C32H36ClN7O2. The molecule has 2 fully saturated rings. The normalized spacial score (nSPS) is 18.6. The molecule has 3 aromatic rings. The molecule has 1 aliphatic carbocycles. The molecule has 1 aromatic heterocycles. The zero-order valence-corrected chi connectivity index (χ0v) is 24.8. The summed E-state index contributed by atoms with van der Waals surface area (Å²) < 4.78 is 6.18. The Morgan fingerprint density at radius 1 is 1.19 bits per heavy atom. The molecular weight excluding hydrogens is 550 g/mol. The van der Waals surface area contributed by atoms with Crippen molar-refractivity contribution in [3.8, 4) is 6.01 Å². The Morgan fingerprint density at radius 3 is 2.76 bits per heavy atom. The molecule has 0 unspecified atom stereocenters. The van der Waals surface area contributed by atoms with Gasteiger partial charge < -0.3 is 29.2 Å². The molecule has 3 aliphatic rings. The second-order valence-electron chi connectivity index (χ2n) is 11.3. The average molecular weight is 586 g/mol. The zero-order valence-electron chi connectivity index (χ0n) is 24.0. The van der Waals surface area contributed by atoms with Crippen LogP contribution in [0.15, 0.2) is 49.1 Å². The van der Waals surface area contributed by atoms with E-state index in [9.17, 15) is 4.79 Å². The molecule has 1 atom stereocenters. The summed E-state index contributed by atoms with van der Waals surface area (Å²) in [6.45, 7) is 15.7. The second-order valence-corrected chi connectivity index (χ2v) is 11.7. The number of aromatic nitrogens is 2. The third-order valence-corrected chi connectivity index (χ3v) is 8.90. The number of piperazine rings is 1. The minimum absolute atomic E-state index is 0.138. The number of hydrogen-bond donors (Lipinski definition) is 0. The summed E-state index contributed by atoms with van der Waals surface area (Å²) >= 11 is 6.69. The fourth-order valence-corrected chi connectivity index (χ4v) is 6.43. The van der Waals surface area contributed by atoms with E-state index in [2.05, 4.69) is 57.4 Å². The molecule has 1 amide bonds. The third-order valence-electron chi connectivity index (χ3n) is 8.58. The molecule has 0 spiro atoms. The van der Waals surface area contributed by atoms with Crippen molar-refractivity contribution in [2.24, 2.45) is 0 Å². The lowest BCUT2D eigenvalue weighted by atomic mass is 10.0. The van der Waals surface area contributed by atoms with Crippen LogP contribution >= 0.6 is 11.6 Å². The minimum Gasteiger partial charge on any atom is -0.462 e. The topological polar surface area (TPSA) is 69.4 Å². The molecule has 0 radical (unpaired) electrons. The monoisotopic (exact) mass is 585 g/mol. The number of carbonyl (C=O) groups is 1. The molecule has 1 saturated heterocycles. The van der Waals surface area contributed by atoms with E-state index < -0.39 is 0 Å². The van der Waals surface area contributed by atoms with Gasteiger partial charge in [0.25, 0.3) is 0 Å². The van der Waals surface area contributed by atoms with E-state index in [-0.39, 0.29) is 18.5 Å². The predicted octanol–water partition coefficient (Wildman–Crippen LogP) is 4.44. The van der Waals surface area contributed by atoms with Gasteiger partial charge in [0.2, 0.25) is 12.5 Å². The Labute approximate surface area is 252 Å². The first kappa shape index (κ1) is 28.3. The Hall–Kier alpha value is -3.87. The van der Waals surface area contributed by atoms with Crippen molar-refractivity contribution in [1.82, 2.24) is 19.8 Å². The molecule has 42 heavy (non-hydrogen) atoms. The van der Waals surface area contributed by atoms with E-state index in [4.69, 9.17) is 32.9 Å². The maximum absolute atomic E-state index is 12.5. The van der Waals surface area contributed by atoms with Crippen LogP contribution in [0.25, 0.3) is 15.6 Å². The van der Waals surface area contributed by atoms with E-state index >= 15 is 0 Å². The average Bonchev–Trinajstić information content (AvgIpc) is 3.86. The van der Waals surface area contributed by atoms with Crippen LogP contribution in [0, 0.1) is 6.57 Å². The van der Waals surface area contributed by atoms with Crippen molar-refractivity contribution < 1.29 is 9.53 Å². The van der Waals surface area contributed by atoms with Crippen LogP contribution in [0.1, 0.15) is 24.1 Å². The van der Waals surface area contributed by atoms with Gasteiger partial charge in [0.1, 0.15) is 18.5 Å². The van der Waals surface area contributed by atoms with E-state index in [0.717, 1.165) is 58.1 Å². The Kier molecular flexibility index (Phi) is 8.18. The zero-order chi connectivity index (χ0) is 29.2. The number of likely N-dealkylation sites (N-methyl/N-ethyl adjacent to an activating group) is 1. The minimum atomic E-state index is -0.234. The van der Waals surface area contributed by atoms with Crippen LogP contribution in [-0.2, 0) is 17.8 Å². The largest absolute Gasteiger partial charge is 0.462 e. The second kappa shape index (κ2) is 12.2. The van der Waals surface area contributed by atoms with Crippen LogP contribution in [0.2, 0.25) is 5.02 Å². The summed E-state index contributed by atoms with van der Waals surface area (Å²) in [6, 6.07) is 13.1. The van der Waals surface area contributed by atoms with E-state index in [0.29, 0.717) is 44.8 Å². The van der Waals surface area contributed by atoms with Gasteiger partial charge in [0.15, 0.2) is 0 Å². The number of amides is 1. The van der Waals surface area contributed by atoms with Crippen molar-refractivity contribution in [1.29, 1.82) is 0 Å². The number of carbonyl (C=O) groups excluding carboxylic acids is 1. The summed E-state index contributed by atoms with van der Waals surface area (Å²) in [7, 11) is 2.13. The standard InChI is InChI=1S/C32H36ClN7O2/c1-4-29(41)40-16-15-39(20-24(40)19-34-2)31-25-13-14-38(28-10-6-8-22-7-5-9-26(33)30(22)28)21-27(25)35-32(36-31)42-18-17-37(3)23-11-12-23/h4-10,23-24H,1,11-21H2,3H3/t24-/m0/s1. The quantitative estimate of drug-likeness (QED) is 0.272. The summed E-state index contributed by atoms with van der Waals surface area (Å²) in [6.07, 6.45) is 4.58. The SMILES string of the molecule is [C-]#[N+]C[C@H]1CN(c2nc(OCCN(C)C3CC3)nc3c2CCN(c2cccc4cccc(Cl)c24)C3)CCN1C(=O)C=C. The highest BCUT2D eigenvalue weighted by molar-refractivity contribution is 6.36. The number of ether oxygens (including phenoxy) is 1. The molecule has 2 aromatic carbocycles. The van der Waals surface area contributed by atoms with Gasteiger partial charge in [0.05, 0.1) is 17.3 Å². The fraction of sp³-hybridized carbons (Fsp3) is 0.438. The number of nitrogens with zero attached hydrogens (tertiary/aromatic N) is 7. The lowest BCUT2D eigenvalue weighted by Gasteiger charge is -2.41. The molecule has 0 N–H and O–H groups in total. The highest BCUT2D eigenvalue weighted by Gasteiger charge is 2.35. The summed E-state index contributed by atoms with van der Waals surface area (Å²) in [4.78, 5) is 34.7. The van der Waals surface area contributed by atoms with Crippen molar-refractivity contribution in [2.75, 3.05) is 62.7 Å². The van der Waals surface area contributed by atoms with Gasteiger partial charge in [-0.1, -0.05) is 42.4 Å². The molecule has 1 saturated carbocycles. The number of benzene rings is 2. The van der Waals surface area contributed by atoms with Gasteiger partial charge in [0, 0.05) is 55.4 Å². The molecule has 6 rings (SSSR count). The van der Waals surface area contributed by atoms with Crippen LogP contribution in [0.5, 0.6) is 6.01 Å². The smallest absolute Gasteiger partial charge is 0.318 e. The van der Waals surface area contributed by atoms with Crippen molar-refractivity contribution in [3.63, 3.8) is 0 Å². The first-order valence-corrected chi connectivity index (χ1v) is 15.0. The molecule has 2 aliphatic heterocycles. The van der Waals surface area contributed by atoms with Crippen LogP contribution in [0.3, 0.4) is 0 Å². The van der Waals surface area contributed by atoms with Gasteiger partial charge in [-0.05, 0) is 49.9 Å². The van der Waals surface area contributed by atoms with Gasteiger partial charge in [-0.25, -0.2) is 6.57 Å². The van der Waals surface area contributed by atoms with E-state index in [1.165, 1.54) is 18.9 Å². The van der Waals surface area contributed by atoms with Crippen LogP contribution in [-0.4, -0.2) is 90.7 Å². The molecule has 0 bridgehead atoms. The van der Waals surface area contributed by atoms with Gasteiger partial charge in [-0.2, -0.15) is 9.97 Å². The van der Waals surface area contributed by atoms with Crippen LogP contribution in [0.4, 0.5) is 11.5 Å². The van der Waals surface area contributed by atoms with Crippen molar-refractivity contribution in [3.05, 3.63) is 76.8 Å². The highest BCUT2D eigenvalue weighted by Crippen LogP contribution is 2.37. The van der Waals surface area contributed by atoms with Gasteiger partial charge in [-0.15, -0.1) is 0 Å². The van der Waals surface area contributed by atoms with Gasteiger partial charge >= 0.3 is 6.01 Å². The van der Waals surface area contributed by atoms with Gasteiger partial charge in [-0.3, -0.25) is 4.79 Å². The predicted molar refractivity (Wildman–Crippen MR) is 166 cm³/mol. The molecule has 10 heteroatoms. The number of halogens is 1. The summed E-state index contributed by atoms with van der Waals surface area (Å²) in [5, 5.41) is 2.89. The maximum atomic E-state index is 12.5. The van der Waals surface area contributed by atoms with Crippen molar-refractivity contribution in [2.45, 2.75) is 37.9 Å². The highest BCUT2D eigenvalue weighted by atomic mass is 35.5. The third kappa shape index (κ3) is 5.74. The van der Waals surface area contributed by atoms with Crippen LogP contribution < -0.4 is 14.5 Å². The fourth-order valence-electron chi connectivity index (χ4n) is 6.16. The first-order chi connectivity index (χ1) is 20.5. The number of hydrogen-bond acceptors (Lipinski definition) is 7. The lowest BCUT2D eigenvalue weighted by molar-refractivity contribution is -0.128. The number of fused-ring (bicyclic) bond motifs is 2. The molecule has 3 heterocycles. The number of rotatable bonds is 9. The Bertz CT molecular complexity index is 1530. The first-order valence-electron chi connectivity index (χ1n) is 14.6. The summed E-state index contributed by atoms with van der Waals surface area (Å²) in [5.41, 5.74) is 3.13. The van der Waals surface area contributed by atoms with E-state index in [1.807, 2.05) is 12.1 Å². The summed E-state index contributed by atoms with van der Waals surface area (Å²) in [5.74, 6) is 0.711. The number of anilines is 2. The van der Waals surface area contributed by atoms with E-state index in [1.54, 1.807) is 4.90 Å². The molecule has 218 valence electrons. The Morgan fingerprint density at radius 2 is 2.00 bits per heavy atom. The van der Waals surface area contributed by atoms with Crippen molar-refractivity contribution >= 4 is 39.8 Å². The molecule has 9 nitrogen and oxygen atoms in total. The lowest BCUT2D eigenvalue weighted by Crippen LogP contribution is -2.56. The Balaban J connectivity index is 1.31.